The van der Waals surface area contributed by atoms with Crippen molar-refractivity contribution in [1.82, 2.24) is 4.57 Å². The number of nitro groups is 1. The largest absolute Gasteiger partial charge is 0.350 e. The molecule has 0 aliphatic carbocycles. The van der Waals surface area contributed by atoms with Gasteiger partial charge >= 0.3 is 0 Å². The molecule has 0 aliphatic rings. The molecule has 5 heteroatoms. The molecule has 4 nitrogen and oxygen atoms in total. The van der Waals surface area contributed by atoms with Gasteiger partial charge in [-0.3, -0.25) is 10.1 Å². The van der Waals surface area contributed by atoms with Gasteiger partial charge in [0.25, 0.3) is 0 Å². The molecule has 0 spiro atoms. The average Bonchev–Trinajstić information content (AvgIpc) is 2.53. The fourth-order valence-corrected chi connectivity index (χ4v) is 2.01. The number of aryl methyl sites for hydroxylation is 1. The minimum Gasteiger partial charge on any atom is -0.350 e. The number of hydrogen-bond donors (Lipinski definition) is 0. The minimum atomic E-state index is -0.461. The summed E-state index contributed by atoms with van der Waals surface area (Å²) in [5.74, 6) is 0. The third-order valence-corrected chi connectivity index (χ3v) is 2.85. The van der Waals surface area contributed by atoms with Gasteiger partial charge in [-0.2, -0.15) is 0 Å². The Morgan fingerprint density at radius 3 is 2.94 bits per heavy atom. The second-order valence-corrected chi connectivity index (χ2v) is 4.37. The zero-order valence-corrected chi connectivity index (χ0v) is 10.1. The lowest BCUT2D eigenvalue weighted by atomic mass is 10.2. The van der Waals surface area contributed by atoms with Gasteiger partial charge in [-0.1, -0.05) is 22.0 Å². The van der Waals surface area contributed by atoms with E-state index in [1.807, 2.05) is 36.0 Å². The van der Waals surface area contributed by atoms with E-state index >= 15 is 0 Å². The first-order chi connectivity index (χ1) is 7.58. The van der Waals surface area contributed by atoms with Crippen molar-refractivity contribution in [2.24, 2.45) is 7.05 Å². The normalized spacial score (nSPS) is 11.4. The molecule has 0 N–H and O–H groups in total. The molecule has 82 valence electrons. The number of nitrogens with zero attached hydrogens (tertiary/aromatic N) is 2. The van der Waals surface area contributed by atoms with Crippen LogP contribution in [0.2, 0.25) is 0 Å². The van der Waals surface area contributed by atoms with E-state index in [1.54, 1.807) is 0 Å². The Bertz CT molecular complexity index is 587. The molecule has 0 saturated heterocycles. The molecule has 0 atom stereocenters. The van der Waals surface area contributed by atoms with Crippen LogP contribution in [0.1, 0.15) is 5.56 Å². The van der Waals surface area contributed by atoms with Crippen molar-refractivity contribution in [2.45, 2.75) is 0 Å². The third-order valence-electron chi connectivity index (χ3n) is 2.36. The average molecular weight is 281 g/mol. The highest BCUT2D eigenvalue weighted by Gasteiger charge is 2.05. The van der Waals surface area contributed by atoms with E-state index in [0.717, 1.165) is 27.1 Å². The fourth-order valence-electron chi connectivity index (χ4n) is 1.66. The summed E-state index contributed by atoms with van der Waals surface area (Å²) in [6.45, 7) is 0. The molecule has 0 radical (unpaired) electrons. The molecule has 0 unspecified atom stereocenters. The lowest BCUT2D eigenvalue weighted by Gasteiger charge is -1.95. The number of aromatic nitrogens is 1. The molecular weight excluding hydrogens is 272 g/mol. The number of fused-ring (bicyclic) bond motifs is 1. The van der Waals surface area contributed by atoms with Crippen molar-refractivity contribution in [3.63, 3.8) is 0 Å². The van der Waals surface area contributed by atoms with E-state index in [2.05, 4.69) is 15.9 Å². The summed E-state index contributed by atoms with van der Waals surface area (Å²) in [6, 6.07) is 5.85. The monoisotopic (exact) mass is 280 g/mol. The Morgan fingerprint density at radius 1 is 1.50 bits per heavy atom. The predicted molar refractivity (Wildman–Crippen MR) is 66.6 cm³/mol. The zero-order valence-electron chi connectivity index (χ0n) is 8.55. The van der Waals surface area contributed by atoms with Crippen LogP contribution in [0.4, 0.5) is 0 Å². The summed E-state index contributed by atoms with van der Waals surface area (Å²) in [5, 5.41) is 11.3. The van der Waals surface area contributed by atoms with Crippen LogP contribution in [-0.2, 0) is 7.05 Å². The number of halogens is 1. The maximum absolute atomic E-state index is 10.3. The van der Waals surface area contributed by atoms with Crippen LogP contribution in [0, 0.1) is 10.1 Å². The van der Waals surface area contributed by atoms with Gasteiger partial charge in [-0.15, -0.1) is 0 Å². The molecule has 2 rings (SSSR count). The molecule has 16 heavy (non-hydrogen) atoms. The van der Waals surface area contributed by atoms with Crippen molar-refractivity contribution in [1.29, 1.82) is 0 Å². The van der Waals surface area contributed by atoms with Crippen LogP contribution in [0.15, 0.2) is 35.1 Å². The summed E-state index contributed by atoms with van der Waals surface area (Å²) in [4.78, 5) is 9.81. The molecule has 0 saturated carbocycles. The summed E-state index contributed by atoms with van der Waals surface area (Å²) < 4.78 is 2.94. The zero-order chi connectivity index (χ0) is 11.7. The third kappa shape index (κ3) is 1.99. The second-order valence-electron chi connectivity index (χ2n) is 3.46. The molecule has 0 aliphatic heterocycles. The van der Waals surface area contributed by atoms with E-state index < -0.39 is 4.92 Å². The summed E-state index contributed by atoms with van der Waals surface area (Å²) >= 11 is 3.40. The maximum Gasteiger partial charge on any atom is 0.235 e. The van der Waals surface area contributed by atoms with E-state index in [-0.39, 0.29) is 0 Å². The summed E-state index contributed by atoms with van der Waals surface area (Å²) in [7, 11) is 1.91. The van der Waals surface area contributed by atoms with Crippen molar-refractivity contribution in [3.05, 3.63) is 50.7 Å². The quantitative estimate of drug-likeness (QED) is 0.627. The Labute approximate surface area is 100 Å². The molecule has 0 fully saturated rings. The van der Waals surface area contributed by atoms with Crippen molar-refractivity contribution >= 4 is 32.9 Å². The number of benzene rings is 1. The molecule has 1 aromatic heterocycles. The van der Waals surface area contributed by atoms with Gasteiger partial charge in [-0.25, -0.2) is 0 Å². The Hall–Kier alpha value is -1.62. The van der Waals surface area contributed by atoms with E-state index in [1.165, 1.54) is 6.08 Å². The van der Waals surface area contributed by atoms with Gasteiger partial charge in [0.15, 0.2) is 0 Å². The lowest BCUT2D eigenvalue weighted by Crippen LogP contribution is -1.82. The fraction of sp³-hybridized carbons (Fsp3) is 0.0909. The highest BCUT2D eigenvalue weighted by molar-refractivity contribution is 9.10. The van der Waals surface area contributed by atoms with Crippen LogP contribution >= 0.6 is 15.9 Å². The SMILES string of the molecule is Cn1cc(C=C[N+](=O)[O-])c2ccc(Br)cc21. The van der Waals surface area contributed by atoms with Gasteiger partial charge < -0.3 is 4.57 Å². The van der Waals surface area contributed by atoms with Gasteiger partial charge in [0, 0.05) is 40.3 Å². The molecule has 1 heterocycles. The molecular formula is C11H9BrN2O2. The predicted octanol–water partition coefficient (Wildman–Crippen LogP) is 3.19. The van der Waals surface area contributed by atoms with Crippen molar-refractivity contribution in [3.8, 4) is 0 Å². The van der Waals surface area contributed by atoms with Crippen molar-refractivity contribution < 1.29 is 4.92 Å². The van der Waals surface area contributed by atoms with Crippen LogP contribution in [0.25, 0.3) is 17.0 Å². The molecule has 0 bridgehead atoms. The second kappa shape index (κ2) is 4.09. The molecule has 1 aromatic carbocycles. The van der Waals surface area contributed by atoms with Gasteiger partial charge in [0.2, 0.25) is 6.20 Å². The van der Waals surface area contributed by atoms with Crippen LogP contribution in [0.3, 0.4) is 0 Å². The van der Waals surface area contributed by atoms with E-state index in [9.17, 15) is 10.1 Å². The molecule has 0 amide bonds. The van der Waals surface area contributed by atoms with Crippen LogP contribution in [-0.4, -0.2) is 9.49 Å². The van der Waals surface area contributed by atoms with E-state index in [0.29, 0.717) is 0 Å². The summed E-state index contributed by atoms with van der Waals surface area (Å²) in [5.41, 5.74) is 1.89. The smallest absolute Gasteiger partial charge is 0.235 e. The maximum atomic E-state index is 10.3. The number of hydrogen-bond acceptors (Lipinski definition) is 2. The number of rotatable bonds is 2. The van der Waals surface area contributed by atoms with Gasteiger partial charge in [0.1, 0.15) is 0 Å². The standard InChI is InChI=1S/C11H9BrN2O2/c1-13-7-8(4-5-14(15)16)10-3-2-9(12)6-11(10)13/h2-7H,1H3. The Kier molecular flexibility index (Phi) is 2.78. The minimum absolute atomic E-state index is 0.461. The highest BCUT2D eigenvalue weighted by Crippen LogP contribution is 2.25. The summed E-state index contributed by atoms with van der Waals surface area (Å²) in [6.07, 6.45) is 4.34. The Balaban J connectivity index is 2.59. The van der Waals surface area contributed by atoms with Crippen molar-refractivity contribution in [2.75, 3.05) is 0 Å². The lowest BCUT2D eigenvalue weighted by molar-refractivity contribution is -0.400. The van der Waals surface area contributed by atoms with Crippen LogP contribution in [0.5, 0.6) is 0 Å². The van der Waals surface area contributed by atoms with E-state index in [4.69, 9.17) is 0 Å². The molecule has 2 aromatic rings. The van der Waals surface area contributed by atoms with Crippen LogP contribution < -0.4 is 0 Å². The first-order valence-corrected chi connectivity index (χ1v) is 5.43. The topological polar surface area (TPSA) is 48.1 Å². The first kappa shape index (κ1) is 10.9. The Morgan fingerprint density at radius 2 is 2.25 bits per heavy atom. The first-order valence-electron chi connectivity index (χ1n) is 4.64. The highest BCUT2D eigenvalue weighted by atomic mass is 79.9. The van der Waals surface area contributed by atoms with Gasteiger partial charge in [-0.05, 0) is 12.1 Å². The van der Waals surface area contributed by atoms with Gasteiger partial charge in [0.05, 0.1) is 4.92 Å².